The van der Waals surface area contributed by atoms with Gasteiger partial charge in [-0.25, -0.2) is 0 Å². The molecule has 0 aromatic rings. The molecule has 2 rings (SSSR count). The minimum absolute atomic E-state index is 0.104. The lowest BCUT2D eigenvalue weighted by atomic mass is 9.95. The summed E-state index contributed by atoms with van der Waals surface area (Å²) in [6, 6.07) is 0. The molecule has 1 unspecified atom stereocenters. The van der Waals surface area contributed by atoms with E-state index in [0.717, 1.165) is 32.3 Å². The van der Waals surface area contributed by atoms with Crippen LogP contribution in [0.4, 0.5) is 0 Å². The van der Waals surface area contributed by atoms with Gasteiger partial charge in [0.2, 0.25) is 0 Å². The molecule has 2 saturated heterocycles. The Morgan fingerprint density at radius 3 is 2.60 bits per heavy atom. The quantitative estimate of drug-likeness (QED) is 0.649. The molecule has 0 aromatic carbocycles. The fourth-order valence-corrected chi connectivity index (χ4v) is 2.05. The van der Waals surface area contributed by atoms with E-state index in [1.807, 2.05) is 0 Å². The smallest absolute Gasteiger partial charge is 0.159 e. The summed E-state index contributed by atoms with van der Waals surface area (Å²) in [5.41, 5.74) is -0.444. The van der Waals surface area contributed by atoms with Crippen LogP contribution in [0.2, 0.25) is 0 Å². The molecule has 2 fully saturated rings. The fourth-order valence-electron chi connectivity index (χ4n) is 2.05. The Bertz CT molecular complexity index is 232. The van der Waals surface area contributed by atoms with Crippen molar-refractivity contribution in [2.75, 3.05) is 19.8 Å². The summed E-state index contributed by atoms with van der Waals surface area (Å²) in [4.78, 5) is 0. The fraction of sp³-hybridized carbons (Fsp3) is 0.833. The Kier molecular flexibility index (Phi) is 3.63. The first-order chi connectivity index (χ1) is 7.35. The van der Waals surface area contributed by atoms with E-state index in [4.69, 9.17) is 20.6 Å². The van der Waals surface area contributed by atoms with E-state index in [-0.39, 0.29) is 6.29 Å². The maximum absolute atomic E-state index is 5.93. The zero-order valence-electron chi connectivity index (χ0n) is 9.04. The van der Waals surface area contributed by atoms with Gasteiger partial charge in [-0.3, -0.25) is 0 Å². The van der Waals surface area contributed by atoms with Crippen LogP contribution in [0.5, 0.6) is 0 Å². The van der Waals surface area contributed by atoms with Gasteiger partial charge in [-0.15, -0.1) is 6.42 Å². The molecule has 3 nitrogen and oxygen atoms in total. The summed E-state index contributed by atoms with van der Waals surface area (Å²) in [6.07, 6.45) is 10.3. The summed E-state index contributed by atoms with van der Waals surface area (Å²) >= 11 is 0. The molecule has 2 aliphatic rings. The largest absolute Gasteiger partial charge is 0.381 e. The van der Waals surface area contributed by atoms with Crippen LogP contribution in [0.15, 0.2) is 0 Å². The second-order valence-electron chi connectivity index (χ2n) is 4.16. The monoisotopic (exact) mass is 210 g/mol. The highest BCUT2D eigenvalue weighted by Crippen LogP contribution is 2.28. The Morgan fingerprint density at radius 2 is 2.00 bits per heavy atom. The topological polar surface area (TPSA) is 27.7 Å². The third-order valence-corrected chi connectivity index (χ3v) is 3.06. The van der Waals surface area contributed by atoms with Crippen LogP contribution in [0.3, 0.4) is 0 Å². The molecule has 84 valence electrons. The van der Waals surface area contributed by atoms with Crippen LogP contribution in [0, 0.1) is 12.3 Å². The third-order valence-electron chi connectivity index (χ3n) is 3.06. The van der Waals surface area contributed by atoms with Gasteiger partial charge in [0.15, 0.2) is 6.29 Å². The summed E-state index contributed by atoms with van der Waals surface area (Å²) in [5, 5.41) is 0. The van der Waals surface area contributed by atoms with Crippen molar-refractivity contribution in [1.29, 1.82) is 0 Å². The van der Waals surface area contributed by atoms with Gasteiger partial charge in [-0.05, 0) is 19.3 Å². The van der Waals surface area contributed by atoms with Crippen molar-refractivity contribution in [2.24, 2.45) is 0 Å². The maximum atomic E-state index is 5.93. The third kappa shape index (κ3) is 2.72. The Hall–Kier alpha value is -0.560. The molecule has 0 spiro atoms. The average Bonchev–Trinajstić information content (AvgIpc) is 2.32. The lowest BCUT2D eigenvalue weighted by Crippen LogP contribution is -2.42. The highest BCUT2D eigenvalue weighted by Gasteiger charge is 2.35. The molecule has 15 heavy (non-hydrogen) atoms. The lowest BCUT2D eigenvalue weighted by Gasteiger charge is -2.36. The highest BCUT2D eigenvalue weighted by molar-refractivity contribution is 5.09. The van der Waals surface area contributed by atoms with Gasteiger partial charge in [0, 0.05) is 19.4 Å². The number of hydrogen-bond acceptors (Lipinski definition) is 3. The molecule has 0 N–H and O–H groups in total. The molecular weight excluding hydrogens is 192 g/mol. The van der Waals surface area contributed by atoms with Crippen LogP contribution >= 0.6 is 0 Å². The van der Waals surface area contributed by atoms with Crippen LogP contribution in [-0.2, 0) is 14.2 Å². The molecule has 0 radical (unpaired) electrons. The zero-order chi connectivity index (χ0) is 10.6. The Balaban J connectivity index is 1.91. The first-order valence-electron chi connectivity index (χ1n) is 5.70. The van der Waals surface area contributed by atoms with Crippen molar-refractivity contribution < 1.29 is 14.2 Å². The van der Waals surface area contributed by atoms with E-state index < -0.39 is 5.60 Å². The first kappa shape index (κ1) is 10.9. The van der Waals surface area contributed by atoms with E-state index in [2.05, 4.69) is 5.92 Å². The van der Waals surface area contributed by atoms with Crippen molar-refractivity contribution in [3.05, 3.63) is 0 Å². The maximum Gasteiger partial charge on any atom is 0.159 e. The highest BCUT2D eigenvalue weighted by atomic mass is 16.7. The SMILES string of the molecule is C#CC1(OC2CCCCO2)CCOCC1. The minimum Gasteiger partial charge on any atom is -0.381 e. The average molecular weight is 210 g/mol. The molecule has 3 heteroatoms. The summed E-state index contributed by atoms with van der Waals surface area (Å²) in [6.45, 7) is 2.18. The number of hydrogen-bond donors (Lipinski definition) is 0. The van der Waals surface area contributed by atoms with Gasteiger partial charge < -0.3 is 14.2 Å². The molecule has 1 atom stereocenters. The van der Waals surface area contributed by atoms with Gasteiger partial charge in [0.1, 0.15) is 5.60 Å². The Labute approximate surface area is 91.1 Å². The molecule has 0 bridgehead atoms. The summed E-state index contributed by atoms with van der Waals surface area (Å²) < 4.78 is 16.8. The molecular formula is C12H18O3. The Morgan fingerprint density at radius 1 is 1.20 bits per heavy atom. The number of ether oxygens (including phenoxy) is 3. The number of rotatable bonds is 2. The van der Waals surface area contributed by atoms with Gasteiger partial charge >= 0.3 is 0 Å². The van der Waals surface area contributed by atoms with E-state index >= 15 is 0 Å². The molecule has 2 aliphatic heterocycles. The molecule has 0 saturated carbocycles. The second-order valence-corrected chi connectivity index (χ2v) is 4.16. The van der Waals surface area contributed by atoms with Crippen molar-refractivity contribution in [1.82, 2.24) is 0 Å². The van der Waals surface area contributed by atoms with Crippen molar-refractivity contribution >= 4 is 0 Å². The van der Waals surface area contributed by atoms with Gasteiger partial charge in [-0.2, -0.15) is 0 Å². The minimum atomic E-state index is -0.444. The molecule has 2 heterocycles. The van der Waals surface area contributed by atoms with Gasteiger partial charge in [0.25, 0.3) is 0 Å². The molecule has 0 aromatic heterocycles. The van der Waals surface area contributed by atoms with Crippen LogP contribution in [0.25, 0.3) is 0 Å². The summed E-state index contributed by atoms with van der Waals surface area (Å²) in [7, 11) is 0. The zero-order valence-corrected chi connectivity index (χ0v) is 9.04. The van der Waals surface area contributed by atoms with Crippen LogP contribution in [-0.4, -0.2) is 31.7 Å². The van der Waals surface area contributed by atoms with Gasteiger partial charge in [0.05, 0.1) is 13.2 Å². The number of terminal acetylenes is 1. The molecule has 0 aliphatic carbocycles. The van der Waals surface area contributed by atoms with Crippen molar-refractivity contribution in [3.8, 4) is 12.3 Å². The van der Waals surface area contributed by atoms with Crippen LogP contribution < -0.4 is 0 Å². The second kappa shape index (κ2) is 4.98. The van der Waals surface area contributed by atoms with Gasteiger partial charge in [-0.1, -0.05) is 5.92 Å². The summed E-state index contributed by atoms with van der Waals surface area (Å²) in [5.74, 6) is 2.78. The van der Waals surface area contributed by atoms with E-state index in [0.29, 0.717) is 13.2 Å². The standard InChI is InChI=1S/C12H18O3/c1-2-12(6-9-13-10-7-12)15-11-5-3-4-8-14-11/h1,11H,3-10H2. The van der Waals surface area contributed by atoms with Crippen LogP contribution in [0.1, 0.15) is 32.1 Å². The van der Waals surface area contributed by atoms with E-state index in [9.17, 15) is 0 Å². The normalized spacial score (nSPS) is 30.7. The lowest BCUT2D eigenvalue weighted by molar-refractivity contribution is -0.223. The van der Waals surface area contributed by atoms with E-state index in [1.165, 1.54) is 6.42 Å². The predicted octanol–water partition coefficient (Wildman–Crippen LogP) is 1.71. The van der Waals surface area contributed by atoms with E-state index in [1.54, 1.807) is 0 Å². The predicted molar refractivity (Wildman–Crippen MR) is 56.3 cm³/mol. The first-order valence-corrected chi connectivity index (χ1v) is 5.70. The van der Waals surface area contributed by atoms with Crippen molar-refractivity contribution in [3.63, 3.8) is 0 Å². The molecule has 0 amide bonds. The van der Waals surface area contributed by atoms with Crippen molar-refractivity contribution in [2.45, 2.75) is 44.0 Å².